The molecule has 0 saturated carbocycles. The minimum atomic E-state index is -4.57. The van der Waals surface area contributed by atoms with Crippen LogP contribution in [-0.2, 0) is 15.4 Å². The molecule has 1 aromatic rings. The third-order valence-corrected chi connectivity index (χ3v) is 3.24. The third kappa shape index (κ3) is 3.42. The lowest BCUT2D eigenvalue weighted by atomic mass is 10.2. The molecule has 1 rings (SSSR count). The Morgan fingerprint density at radius 3 is 2.20 bits per heavy atom. The molecule has 0 atom stereocenters. The highest BCUT2D eigenvalue weighted by Gasteiger charge is 2.23. The van der Waals surface area contributed by atoms with Crippen LogP contribution in [-0.4, -0.2) is 14.2 Å². The Kier molecular flexibility index (Phi) is 4.04. The smallest absolute Gasteiger partial charge is 0.279 e. The summed E-state index contributed by atoms with van der Waals surface area (Å²) in [6.45, 7) is 0. The maximum atomic E-state index is 12.0. The average Bonchev–Trinajstić information content (AvgIpc) is 2.18. The van der Waals surface area contributed by atoms with Gasteiger partial charge in [0, 0.05) is 11.0 Å². The van der Waals surface area contributed by atoms with Crippen molar-refractivity contribution in [2.75, 3.05) is 4.72 Å². The monoisotopic (exact) mass is 299 g/mol. The topological polar surface area (TPSA) is 46.2 Å². The molecule has 7 heteroatoms. The highest BCUT2D eigenvalue weighted by Crippen LogP contribution is 2.15. The van der Waals surface area contributed by atoms with Crippen LogP contribution in [0.1, 0.15) is 5.56 Å². The van der Waals surface area contributed by atoms with Crippen molar-refractivity contribution in [2.24, 2.45) is 0 Å². The fourth-order valence-electron chi connectivity index (χ4n) is 0.871. The van der Waals surface area contributed by atoms with E-state index in [9.17, 15) is 17.2 Å². The van der Waals surface area contributed by atoms with Gasteiger partial charge in [-0.05, 0) is 17.7 Å². The van der Waals surface area contributed by atoms with Crippen molar-refractivity contribution in [2.45, 2.75) is 11.1 Å². The van der Waals surface area contributed by atoms with Gasteiger partial charge in [0.1, 0.15) is 0 Å². The third-order valence-electron chi connectivity index (χ3n) is 1.60. The number of hydrogen-bond acceptors (Lipinski definition) is 2. The molecule has 0 aliphatic carbocycles. The normalized spacial score (nSPS) is 11.7. The van der Waals surface area contributed by atoms with E-state index in [0.717, 1.165) is 5.56 Å². The molecule has 0 unspecified atom stereocenters. The fourth-order valence-corrected chi connectivity index (χ4v) is 1.80. The van der Waals surface area contributed by atoms with Gasteiger partial charge in [-0.3, -0.25) is 4.72 Å². The average molecular weight is 300 g/mol. The van der Waals surface area contributed by atoms with Gasteiger partial charge in [-0.15, -0.1) is 0 Å². The quantitative estimate of drug-likeness (QED) is 0.869. The van der Waals surface area contributed by atoms with E-state index >= 15 is 0 Å². The van der Waals surface area contributed by atoms with Crippen LogP contribution >= 0.6 is 15.9 Å². The summed E-state index contributed by atoms with van der Waals surface area (Å²) in [5.74, 6) is -3.42. The molecular weight excluding hydrogens is 292 g/mol. The number of nitrogens with one attached hydrogen (secondary N) is 1. The van der Waals surface area contributed by atoms with E-state index in [-0.39, 0.29) is 5.69 Å². The number of alkyl halides is 3. The lowest BCUT2D eigenvalue weighted by molar-refractivity contribution is 0.236. The maximum absolute atomic E-state index is 12.0. The molecule has 0 spiro atoms. The van der Waals surface area contributed by atoms with Crippen LogP contribution in [0.5, 0.6) is 0 Å². The van der Waals surface area contributed by atoms with Crippen molar-refractivity contribution in [1.82, 2.24) is 0 Å². The zero-order chi connectivity index (χ0) is 11.5. The number of benzene rings is 1. The zero-order valence-electron chi connectivity index (χ0n) is 7.45. The van der Waals surface area contributed by atoms with Gasteiger partial charge < -0.3 is 0 Å². The number of sulfonamides is 1. The molecule has 0 aliphatic heterocycles. The Labute approximate surface area is 94.7 Å². The highest BCUT2D eigenvalue weighted by molar-refractivity contribution is 9.08. The van der Waals surface area contributed by atoms with Crippen molar-refractivity contribution in [3.05, 3.63) is 29.8 Å². The van der Waals surface area contributed by atoms with Crippen LogP contribution in [0.15, 0.2) is 24.3 Å². The molecule has 84 valence electrons. The first-order valence-corrected chi connectivity index (χ1v) is 6.57. The first kappa shape index (κ1) is 12.4. The second kappa shape index (κ2) is 4.89. The molecule has 0 saturated heterocycles. The SMILES string of the molecule is O=S(=O)(Nc1ccc(CBr)cc1)C(F)F. The molecule has 0 aliphatic rings. The minimum Gasteiger partial charge on any atom is -0.279 e. The molecule has 0 heterocycles. The minimum absolute atomic E-state index is 0.125. The van der Waals surface area contributed by atoms with E-state index in [2.05, 4.69) is 15.9 Å². The molecule has 1 N–H and O–H groups in total. The summed E-state index contributed by atoms with van der Waals surface area (Å²) >= 11 is 3.21. The van der Waals surface area contributed by atoms with Gasteiger partial charge in [0.05, 0.1) is 0 Å². The van der Waals surface area contributed by atoms with E-state index < -0.39 is 15.8 Å². The Bertz CT molecular complexity index is 419. The summed E-state index contributed by atoms with van der Waals surface area (Å²) in [6.07, 6.45) is 0. The van der Waals surface area contributed by atoms with Gasteiger partial charge in [0.25, 0.3) is 10.0 Å². The largest absolute Gasteiger partial charge is 0.355 e. The van der Waals surface area contributed by atoms with Crippen LogP contribution in [0.25, 0.3) is 0 Å². The maximum Gasteiger partial charge on any atom is 0.355 e. The Morgan fingerprint density at radius 1 is 1.27 bits per heavy atom. The number of halogens is 3. The van der Waals surface area contributed by atoms with Gasteiger partial charge in [0.2, 0.25) is 0 Å². The summed E-state index contributed by atoms with van der Waals surface area (Å²) in [5.41, 5.74) is 1.05. The van der Waals surface area contributed by atoms with Crippen molar-refractivity contribution in [3.8, 4) is 0 Å². The Balaban J connectivity index is 2.82. The predicted octanol–water partition coefficient (Wildman–Crippen LogP) is 2.55. The van der Waals surface area contributed by atoms with Crippen LogP contribution in [0.2, 0.25) is 0 Å². The van der Waals surface area contributed by atoms with Gasteiger partial charge in [-0.2, -0.15) is 8.78 Å². The highest BCUT2D eigenvalue weighted by atomic mass is 79.9. The molecule has 3 nitrogen and oxygen atoms in total. The van der Waals surface area contributed by atoms with Crippen LogP contribution in [0.4, 0.5) is 14.5 Å². The molecular formula is C8H8BrF2NO2S. The molecule has 15 heavy (non-hydrogen) atoms. The Morgan fingerprint density at radius 2 is 1.80 bits per heavy atom. The predicted molar refractivity (Wildman–Crippen MR) is 57.6 cm³/mol. The summed E-state index contributed by atoms with van der Waals surface area (Å²) in [4.78, 5) is 0. The number of rotatable bonds is 4. The lowest BCUT2D eigenvalue weighted by Gasteiger charge is -2.06. The van der Waals surface area contributed by atoms with Crippen LogP contribution in [0, 0.1) is 0 Å². The van der Waals surface area contributed by atoms with Gasteiger partial charge >= 0.3 is 5.76 Å². The van der Waals surface area contributed by atoms with E-state index in [1.807, 2.05) is 0 Å². The summed E-state index contributed by atoms with van der Waals surface area (Å²) in [7, 11) is -4.57. The van der Waals surface area contributed by atoms with E-state index in [1.165, 1.54) is 12.1 Å². The second-order valence-electron chi connectivity index (χ2n) is 2.74. The first-order chi connectivity index (χ1) is 6.95. The standard InChI is InChI=1S/C8H8BrF2NO2S/c9-5-6-1-3-7(4-2-6)12-15(13,14)8(10)11/h1-4,8,12H,5H2. The van der Waals surface area contributed by atoms with Crippen molar-refractivity contribution >= 4 is 31.6 Å². The molecule has 0 fully saturated rings. The fraction of sp³-hybridized carbons (Fsp3) is 0.250. The zero-order valence-corrected chi connectivity index (χ0v) is 9.85. The summed E-state index contributed by atoms with van der Waals surface area (Å²) < 4.78 is 47.3. The van der Waals surface area contributed by atoms with Gasteiger partial charge in [0.15, 0.2) is 0 Å². The van der Waals surface area contributed by atoms with E-state index in [1.54, 1.807) is 16.9 Å². The van der Waals surface area contributed by atoms with Gasteiger partial charge in [-0.25, -0.2) is 8.42 Å². The van der Waals surface area contributed by atoms with Crippen molar-refractivity contribution in [3.63, 3.8) is 0 Å². The van der Waals surface area contributed by atoms with E-state index in [0.29, 0.717) is 5.33 Å². The van der Waals surface area contributed by atoms with E-state index in [4.69, 9.17) is 0 Å². The molecule has 0 aromatic heterocycles. The molecule has 0 amide bonds. The van der Waals surface area contributed by atoms with Crippen molar-refractivity contribution < 1.29 is 17.2 Å². The molecule has 0 bridgehead atoms. The molecule has 0 radical (unpaired) electrons. The Hall–Kier alpha value is -0.690. The molecule has 1 aromatic carbocycles. The second-order valence-corrected chi connectivity index (χ2v) is 4.95. The van der Waals surface area contributed by atoms with Gasteiger partial charge in [-0.1, -0.05) is 28.1 Å². The number of hydrogen-bond donors (Lipinski definition) is 1. The lowest BCUT2D eigenvalue weighted by Crippen LogP contribution is -2.20. The summed E-state index contributed by atoms with van der Waals surface area (Å²) in [5, 5.41) is 0.620. The number of anilines is 1. The van der Waals surface area contributed by atoms with Crippen molar-refractivity contribution in [1.29, 1.82) is 0 Å². The summed E-state index contributed by atoms with van der Waals surface area (Å²) in [6, 6.07) is 6.13. The van der Waals surface area contributed by atoms with Crippen LogP contribution in [0.3, 0.4) is 0 Å². The first-order valence-electron chi connectivity index (χ1n) is 3.90. The van der Waals surface area contributed by atoms with Crippen LogP contribution < -0.4 is 4.72 Å².